The Hall–Kier alpha value is -0.930. The van der Waals surface area contributed by atoms with Crippen LogP contribution < -0.4 is 0 Å². The fraction of sp³-hybridized carbons (Fsp3) is 0. The average Bonchev–Trinajstić information content (AvgIpc) is 2.07. The average molecular weight is 197 g/mol. The molecule has 0 aliphatic rings. The molecule has 0 unspecified atom stereocenters. The first kappa shape index (κ1) is 7.71. The molecule has 2 rings (SSSR count). The van der Waals surface area contributed by atoms with Gasteiger partial charge in [-0.2, -0.15) is 0 Å². The van der Waals surface area contributed by atoms with E-state index in [1.54, 1.807) is 0 Å². The predicted molar refractivity (Wildman–Crippen MR) is 51.9 cm³/mol. The summed E-state index contributed by atoms with van der Waals surface area (Å²) in [5.74, 6) is 0. The number of fused-ring (bicyclic) bond motifs is 1. The van der Waals surface area contributed by atoms with Gasteiger partial charge in [0.15, 0.2) is 5.15 Å². The van der Waals surface area contributed by atoms with Gasteiger partial charge in [0.1, 0.15) is 4.64 Å². The minimum Gasteiger partial charge on any atom is -0.342 e. The summed E-state index contributed by atoms with van der Waals surface area (Å²) in [6.07, 6.45) is 0. The summed E-state index contributed by atoms with van der Waals surface area (Å²) in [7, 11) is 0. The van der Waals surface area contributed by atoms with Crippen molar-refractivity contribution in [1.29, 1.82) is 0 Å². The van der Waals surface area contributed by atoms with Gasteiger partial charge in [-0.05, 0) is 12.1 Å². The van der Waals surface area contributed by atoms with Crippen molar-refractivity contribution in [2.75, 3.05) is 0 Å². The molecule has 0 saturated carbocycles. The number of para-hydroxylation sites is 2. The van der Waals surface area contributed by atoms with Crippen molar-refractivity contribution in [2.24, 2.45) is 0 Å². The third-order valence-corrected chi connectivity index (χ3v) is 2.24. The highest BCUT2D eigenvalue weighted by atomic mass is 35.5. The van der Waals surface area contributed by atoms with Crippen LogP contribution >= 0.6 is 23.8 Å². The minimum absolute atomic E-state index is 0.351. The molecule has 0 fully saturated rings. The van der Waals surface area contributed by atoms with Crippen LogP contribution in [-0.4, -0.2) is 9.97 Å². The number of nitrogens with zero attached hydrogens (tertiary/aromatic N) is 1. The van der Waals surface area contributed by atoms with Crippen molar-refractivity contribution in [3.8, 4) is 0 Å². The first-order valence-corrected chi connectivity index (χ1v) is 4.20. The van der Waals surface area contributed by atoms with Crippen LogP contribution in [-0.2, 0) is 0 Å². The maximum absolute atomic E-state index is 5.74. The Balaban J connectivity index is 2.93. The molecule has 0 amide bonds. The number of hydrogen-bond acceptors (Lipinski definition) is 2. The maximum Gasteiger partial charge on any atom is 0.164 e. The normalized spacial score (nSPS) is 10.4. The topological polar surface area (TPSA) is 28.7 Å². The zero-order valence-electron chi connectivity index (χ0n) is 6.04. The molecule has 1 heterocycles. The molecule has 1 aromatic heterocycles. The summed E-state index contributed by atoms with van der Waals surface area (Å²) in [5, 5.41) is 0.351. The fourth-order valence-electron chi connectivity index (χ4n) is 1.01. The SMILES string of the molecule is S=c1[nH]c2ccccc2nc1Cl. The molecule has 60 valence electrons. The lowest BCUT2D eigenvalue weighted by Gasteiger charge is -1.96. The Labute approximate surface area is 79.2 Å². The van der Waals surface area contributed by atoms with E-state index in [0.29, 0.717) is 9.79 Å². The summed E-state index contributed by atoms with van der Waals surface area (Å²) in [6, 6.07) is 7.62. The van der Waals surface area contributed by atoms with Gasteiger partial charge in [-0.1, -0.05) is 36.0 Å². The lowest BCUT2D eigenvalue weighted by Crippen LogP contribution is -1.84. The number of nitrogens with one attached hydrogen (secondary N) is 1. The third-order valence-electron chi connectivity index (χ3n) is 1.56. The van der Waals surface area contributed by atoms with Crippen molar-refractivity contribution >= 4 is 34.9 Å². The number of rotatable bonds is 0. The number of aromatic nitrogens is 2. The molecule has 12 heavy (non-hydrogen) atoms. The van der Waals surface area contributed by atoms with Crippen molar-refractivity contribution in [3.05, 3.63) is 34.1 Å². The molecule has 1 aromatic carbocycles. The molecule has 1 N–H and O–H groups in total. The zero-order chi connectivity index (χ0) is 8.55. The lowest BCUT2D eigenvalue weighted by molar-refractivity contribution is 1.27. The molecular formula is C8H5ClN2S. The molecule has 0 bridgehead atoms. The van der Waals surface area contributed by atoms with Gasteiger partial charge in [0.25, 0.3) is 0 Å². The first-order valence-electron chi connectivity index (χ1n) is 3.42. The van der Waals surface area contributed by atoms with Crippen LogP contribution in [0.15, 0.2) is 24.3 Å². The molecule has 4 heteroatoms. The first-order chi connectivity index (χ1) is 5.77. The lowest BCUT2D eigenvalue weighted by atomic mass is 10.3. The predicted octanol–water partition coefficient (Wildman–Crippen LogP) is 2.95. The summed E-state index contributed by atoms with van der Waals surface area (Å²) in [4.78, 5) is 7.08. The van der Waals surface area contributed by atoms with E-state index in [4.69, 9.17) is 23.8 Å². The highest BCUT2D eigenvalue weighted by molar-refractivity contribution is 7.71. The van der Waals surface area contributed by atoms with E-state index < -0.39 is 0 Å². The Morgan fingerprint density at radius 3 is 2.92 bits per heavy atom. The van der Waals surface area contributed by atoms with Gasteiger partial charge in [-0.3, -0.25) is 0 Å². The molecule has 2 nitrogen and oxygen atoms in total. The van der Waals surface area contributed by atoms with E-state index in [2.05, 4.69) is 9.97 Å². The number of benzene rings is 1. The van der Waals surface area contributed by atoms with Gasteiger partial charge < -0.3 is 4.98 Å². The molecule has 0 aliphatic heterocycles. The van der Waals surface area contributed by atoms with E-state index in [0.717, 1.165) is 11.0 Å². The van der Waals surface area contributed by atoms with Crippen molar-refractivity contribution in [3.63, 3.8) is 0 Å². The van der Waals surface area contributed by atoms with Crippen LogP contribution in [0, 0.1) is 4.64 Å². The number of H-pyrrole nitrogens is 1. The molecule has 2 aromatic rings. The highest BCUT2D eigenvalue weighted by Crippen LogP contribution is 2.12. The van der Waals surface area contributed by atoms with E-state index in [-0.39, 0.29) is 0 Å². The molecule has 0 aliphatic carbocycles. The number of hydrogen-bond donors (Lipinski definition) is 1. The molecule has 0 spiro atoms. The monoisotopic (exact) mass is 196 g/mol. The Morgan fingerprint density at radius 1 is 1.33 bits per heavy atom. The van der Waals surface area contributed by atoms with Gasteiger partial charge in [0, 0.05) is 0 Å². The van der Waals surface area contributed by atoms with Gasteiger partial charge >= 0.3 is 0 Å². The second-order valence-electron chi connectivity index (χ2n) is 2.37. The number of halogens is 1. The van der Waals surface area contributed by atoms with Crippen LogP contribution in [0.1, 0.15) is 0 Å². The molecule has 0 saturated heterocycles. The van der Waals surface area contributed by atoms with Crippen molar-refractivity contribution in [2.45, 2.75) is 0 Å². The standard InChI is InChI=1S/C8H5ClN2S/c9-7-8(12)11-6-4-2-1-3-5(6)10-7/h1-4H,(H,11,12). The van der Waals surface area contributed by atoms with Crippen molar-refractivity contribution in [1.82, 2.24) is 9.97 Å². The smallest absolute Gasteiger partial charge is 0.164 e. The second-order valence-corrected chi connectivity index (χ2v) is 3.14. The summed E-state index contributed by atoms with van der Waals surface area (Å²) in [6.45, 7) is 0. The van der Waals surface area contributed by atoms with Crippen LogP contribution in [0.3, 0.4) is 0 Å². The largest absolute Gasteiger partial charge is 0.342 e. The summed E-state index contributed by atoms with van der Waals surface area (Å²) >= 11 is 10.7. The van der Waals surface area contributed by atoms with Gasteiger partial charge in [-0.25, -0.2) is 4.98 Å². The van der Waals surface area contributed by atoms with Gasteiger partial charge in [-0.15, -0.1) is 0 Å². The van der Waals surface area contributed by atoms with Gasteiger partial charge in [0.2, 0.25) is 0 Å². The Bertz CT molecular complexity index is 478. The van der Waals surface area contributed by atoms with Crippen LogP contribution in [0.2, 0.25) is 5.15 Å². The quantitative estimate of drug-likeness (QED) is 0.657. The third kappa shape index (κ3) is 1.21. The molecule has 0 radical (unpaired) electrons. The highest BCUT2D eigenvalue weighted by Gasteiger charge is 1.96. The van der Waals surface area contributed by atoms with Crippen LogP contribution in [0.4, 0.5) is 0 Å². The summed E-state index contributed by atoms with van der Waals surface area (Å²) in [5.41, 5.74) is 1.74. The Morgan fingerprint density at radius 2 is 2.08 bits per heavy atom. The van der Waals surface area contributed by atoms with Crippen LogP contribution in [0.25, 0.3) is 11.0 Å². The fourth-order valence-corrected chi connectivity index (χ4v) is 1.30. The summed E-state index contributed by atoms with van der Waals surface area (Å²) < 4.78 is 0.482. The van der Waals surface area contributed by atoms with E-state index in [1.165, 1.54) is 0 Å². The van der Waals surface area contributed by atoms with E-state index >= 15 is 0 Å². The van der Waals surface area contributed by atoms with Crippen molar-refractivity contribution < 1.29 is 0 Å². The maximum atomic E-state index is 5.74. The minimum atomic E-state index is 0.351. The zero-order valence-corrected chi connectivity index (χ0v) is 7.62. The second kappa shape index (κ2) is 2.84. The van der Waals surface area contributed by atoms with Gasteiger partial charge in [0.05, 0.1) is 11.0 Å². The Kier molecular flexibility index (Phi) is 1.83. The van der Waals surface area contributed by atoms with Crippen LogP contribution in [0.5, 0.6) is 0 Å². The molecule has 0 atom stereocenters. The molecular weight excluding hydrogens is 192 g/mol. The number of aromatic amines is 1. The van der Waals surface area contributed by atoms with E-state index in [9.17, 15) is 0 Å². The van der Waals surface area contributed by atoms with E-state index in [1.807, 2.05) is 24.3 Å².